The zero-order chi connectivity index (χ0) is 14.2. The third-order valence-corrected chi connectivity index (χ3v) is 4.66. The van der Waals surface area contributed by atoms with Gasteiger partial charge in [-0.2, -0.15) is 0 Å². The van der Waals surface area contributed by atoms with Crippen molar-refractivity contribution in [1.82, 2.24) is 10.3 Å². The molecular formula is C15H17BrN2O2. The molecule has 1 aromatic heterocycles. The number of fused-ring (bicyclic) bond motifs is 1. The molecule has 1 fully saturated rings. The van der Waals surface area contributed by atoms with Gasteiger partial charge in [-0.1, -0.05) is 34.8 Å². The van der Waals surface area contributed by atoms with Crippen molar-refractivity contribution in [2.45, 2.75) is 31.3 Å². The number of amides is 1. The van der Waals surface area contributed by atoms with Gasteiger partial charge in [-0.15, -0.1) is 0 Å². The number of carbonyl (C=O) groups is 1. The molecule has 1 amide bonds. The minimum Gasteiger partial charge on any atom is -0.388 e. The van der Waals surface area contributed by atoms with Crippen molar-refractivity contribution >= 4 is 32.7 Å². The Labute approximate surface area is 125 Å². The van der Waals surface area contributed by atoms with Crippen molar-refractivity contribution in [3.8, 4) is 0 Å². The summed E-state index contributed by atoms with van der Waals surface area (Å²) in [7, 11) is 0. The Bertz CT molecular complexity index is 644. The Morgan fingerprint density at radius 2 is 2.15 bits per heavy atom. The van der Waals surface area contributed by atoms with Crippen molar-refractivity contribution in [3.05, 3.63) is 34.4 Å². The summed E-state index contributed by atoms with van der Waals surface area (Å²) in [6.07, 6.45) is 3.61. The monoisotopic (exact) mass is 336 g/mol. The minimum absolute atomic E-state index is 0.173. The second-order valence-electron chi connectivity index (χ2n) is 5.50. The van der Waals surface area contributed by atoms with Crippen LogP contribution in [0.3, 0.4) is 0 Å². The van der Waals surface area contributed by atoms with Crippen molar-refractivity contribution in [2.75, 3.05) is 6.54 Å². The topological polar surface area (TPSA) is 65.1 Å². The van der Waals surface area contributed by atoms with E-state index in [1.54, 1.807) is 0 Å². The molecular weight excluding hydrogens is 320 g/mol. The number of H-pyrrole nitrogens is 1. The average Bonchev–Trinajstić information content (AvgIpc) is 3.04. The van der Waals surface area contributed by atoms with Gasteiger partial charge in [0.15, 0.2) is 0 Å². The Morgan fingerprint density at radius 3 is 2.85 bits per heavy atom. The molecule has 5 heteroatoms. The molecule has 1 aliphatic carbocycles. The first-order valence-corrected chi connectivity index (χ1v) is 7.65. The van der Waals surface area contributed by atoms with E-state index in [-0.39, 0.29) is 5.91 Å². The summed E-state index contributed by atoms with van der Waals surface area (Å²) >= 11 is 3.47. The van der Waals surface area contributed by atoms with Crippen molar-refractivity contribution in [3.63, 3.8) is 0 Å². The second-order valence-corrected chi connectivity index (χ2v) is 6.35. The van der Waals surface area contributed by atoms with Gasteiger partial charge < -0.3 is 15.4 Å². The van der Waals surface area contributed by atoms with Crippen molar-refractivity contribution in [2.24, 2.45) is 0 Å². The maximum atomic E-state index is 12.2. The molecule has 0 spiro atoms. The number of hydrogen-bond acceptors (Lipinski definition) is 2. The lowest BCUT2D eigenvalue weighted by atomic mass is 10.0. The van der Waals surface area contributed by atoms with Gasteiger partial charge in [0.2, 0.25) is 0 Å². The fourth-order valence-corrected chi connectivity index (χ4v) is 3.27. The molecule has 0 unspecified atom stereocenters. The van der Waals surface area contributed by atoms with Gasteiger partial charge in [0.05, 0.1) is 5.60 Å². The van der Waals surface area contributed by atoms with Crippen LogP contribution in [0.2, 0.25) is 0 Å². The van der Waals surface area contributed by atoms with Crippen LogP contribution in [0.4, 0.5) is 0 Å². The van der Waals surface area contributed by atoms with E-state index in [4.69, 9.17) is 0 Å². The van der Waals surface area contributed by atoms with Gasteiger partial charge in [-0.05, 0) is 31.0 Å². The zero-order valence-corrected chi connectivity index (χ0v) is 12.7. The van der Waals surface area contributed by atoms with E-state index in [2.05, 4.69) is 26.2 Å². The molecule has 3 rings (SSSR count). The van der Waals surface area contributed by atoms with E-state index in [1.165, 1.54) is 0 Å². The maximum absolute atomic E-state index is 12.2. The van der Waals surface area contributed by atoms with Crippen LogP contribution in [0, 0.1) is 0 Å². The van der Waals surface area contributed by atoms with Crippen molar-refractivity contribution < 1.29 is 9.90 Å². The molecule has 0 saturated heterocycles. The molecule has 106 valence electrons. The highest BCUT2D eigenvalue weighted by Crippen LogP contribution is 2.29. The summed E-state index contributed by atoms with van der Waals surface area (Å²) in [5.41, 5.74) is 0.722. The fraction of sp³-hybridized carbons (Fsp3) is 0.400. The molecule has 4 nitrogen and oxygen atoms in total. The van der Waals surface area contributed by atoms with Gasteiger partial charge in [0, 0.05) is 21.9 Å². The smallest absolute Gasteiger partial charge is 0.267 e. The normalized spacial score (nSPS) is 17.5. The zero-order valence-electron chi connectivity index (χ0n) is 11.1. The van der Waals surface area contributed by atoms with Crippen molar-refractivity contribution in [1.29, 1.82) is 0 Å². The quantitative estimate of drug-likeness (QED) is 0.806. The van der Waals surface area contributed by atoms with E-state index in [0.717, 1.165) is 41.1 Å². The summed E-state index contributed by atoms with van der Waals surface area (Å²) in [6.45, 7) is 0.322. The van der Waals surface area contributed by atoms with E-state index in [0.29, 0.717) is 12.2 Å². The highest BCUT2D eigenvalue weighted by molar-refractivity contribution is 9.10. The molecule has 0 radical (unpaired) electrons. The number of rotatable bonds is 3. The van der Waals surface area contributed by atoms with Crippen LogP contribution >= 0.6 is 15.9 Å². The lowest BCUT2D eigenvalue weighted by Gasteiger charge is -2.22. The minimum atomic E-state index is -0.720. The number of aromatic amines is 1. The number of benzene rings is 1. The van der Waals surface area contributed by atoms with Gasteiger partial charge in [0.1, 0.15) is 5.69 Å². The molecule has 2 aromatic rings. The number of aliphatic hydroxyl groups is 1. The highest BCUT2D eigenvalue weighted by Gasteiger charge is 2.31. The summed E-state index contributed by atoms with van der Waals surface area (Å²) in [4.78, 5) is 15.3. The Morgan fingerprint density at radius 1 is 1.40 bits per heavy atom. The number of hydrogen-bond donors (Lipinski definition) is 3. The fourth-order valence-electron chi connectivity index (χ4n) is 2.79. The lowest BCUT2D eigenvalue weighted by Crippen LogP contribution is -2.40. The SMILES string of the molecule is O=C(NCC1(O)CCCC1)c1cc2c(Br)cccc2[nH]1. The maximum Gasteiger partial charge on any atom is 0.267 e. The summed E-state index contributed by atoms with van der Waals surface area (Å²) < 4.78 is 0.958. The first kappa shape index (κ1) is 13.6. The average molecular weight is 337 g/mol. The highest BCUT2D eigenvalue weighted by atomic mass is 79.9. The standard InChI is InChI=1S/C15H17BrN2O2/c16-11-4-3-5-12-10(11)8-13(18-12)14(19)17-9-15(20)6-1-2-7-15/h3-5,8,18,20H,1-2,6-7,9H2,(H,17,19). The van der Waals surface area contributed by atoms with Crippen LogP contribution in [0.1, 0.15) is 36.2 Å². The molecule has 0 atom stereocenters. The van der Waals surface area contributed by atoms with Gasteiger partial charge in [-0.25, -0.2) is 0 Å². The lowest BCUT2D eigenvalue weighted by molar-refractivity contribution is 0.0449. The number of halogens is 1. The molecule has 1 heterocycles. The van der Waals surface area contributed by atoms with Gasteiger partial charge in [0.25, 0.3) is 5.91 Å². The molecule has 1 aromatic carbocycles. The van der Waals surface area contributed by atoms with Crippen LogP contribution in [0.15, 0.2) is 28.7 Å². The Balaban J connectivity index is 1.74. The number of carbonyl (C=O) groups excluding carboxylic acids is 1. The van der Waals surface area contributed by atoms with Crippen LogP contribution in [-0.4, -0.2) is 28.1 Å². The number of aromatic nitrogens is 1. The van der Waals surface area contributed by atoms with Crippen LogP contribution in [0.5, 0.6) is 0 Å². The van der Waals surface area contributed by atoms with E-state index in [1.807, 2.05) is 24.3 Å². The van der Waals surface area contributed by atoms with E-state index >= 15 is 0 Å². The predicted molar refractivity (Wildman–Crippen MR) is 81.7 cm³/mol. The van der Waals surface area contributed by atoms with Crippen LogP contribution in [0.25, 0.3) is 10.9 Å². The van der Waals surface area contributed by atoms with E-state index in [9.17, 15) is 9.90 Å². The molecule has 1 aliphatic rings. The van der Waals surface area contributed by atoms with Gasteiger partial charge in [-0.3, -0.25) is 4.79 Å². The predicted octanol–water partition coefficient (Wildman–Crippen LogP) is 2.97. The molecule has 1 saturated carbocycles. The first-order chi connectivity index (χ1) is 9.57. The third kappa shape index (κ3) is 2.60. The third-order valence-electron chi connectivity index (χ3n) is 3.97. The van der Waals surface area contributed by atoms with E-state index < -0.39 is 5.60 Å². The molecule has 20 heavy (non-hydrogen) atoms. The van der Waals surface area contributed by atoms with Gasteiger partial charge >= 0.3 is 0 Å². The van der Waals surface area contributed by atoms with Crippen LogP contribution < -0.4 is 5.32 Å². The molecule has 3 N–H and O–H groups in total. The summed E-state index contributed by atoms with van der Waals surface area (Å²) in [6, 6.07) is 7.62. The summed E-state index contributed by atoms with van der Waals surface area (Å²) in [5.74, 6) is -0.173. The Hall–Kier alpha value is -1.33. The largest absolute Gasteiger partial charge is 0.388 e. The summed E-state index contributed by atoms with van der Waals surface area (Å²) in [5, 5.41) is 14.0. The Kier molecular flexibility index (Phi) is 3.56. The second kappa shape index (κ2) is 5.22. The first-order valence-electron chi connectivity index (χ1n) is 6.85. The number of nitrogens with one attached hydrogen (secondary N) is 2. The molecule has 0 bridgehead atoms. The molecule has 0 aliphatic heterocycles. The van der Waals surface area contributed by atoms with Crippen LogP contribution in [-0.2, 0) is 0 Å².